The normalized spacial score (nSPS) is 19.4. The topological polar surface area (TPSA) is 43.4 Å². The van der Waals surface area contributed by atoms with Crippen LogP contribution in [0.3, 0.4) is 0 Å². The van der Waals surface area contributed by atoms with Crippen molar-refractivity contribution in [3.63, 3.8) is 0 Å². The average molecular weight is 366 g/mol. The third kappa shape index (κ3) is 2.04. The predicted octanol–water partition coefficient (Wildman–Crippen LogP) is 3.05. The zero-order valence-electron chi connectivity index (χ0n) is 10.1. The van der Waals surface area contributed by atoms with E-state index < -0.39 is 0 Å². The minimum absolute atomic E-state index is 0.0613. The Balaban J connectivity index is 2.14. The molecule has 4 heteroatoms. The van der Waals surface area contributed by atoms with Gasteiger partial charge < -0.3 is 4.74 Å². The van der Waals surface area contributed by atoms with Gasteiger partial charge in [-0.15, -0.1) is 0 Å². The number of benzene rings is 1. The lowest BCUT2D eigenvalue weighted by atomic mass is 9.88. The van der Waals surface area contributed by atoms with Crippen LogP contribution in [0.25, 0.3) is 5.57 Å². The molecule has 0 spiro atoms. The molecule has 0 N–H and O–H groups in total. The number of Topliss-reactive ketones (excluding diaryl/α,β-unsaturated/α-hetero) is 2. The summed E-state index contributed by atoms with van der Waals surface area (Å²) in [7, 11) is 0. The molecule has 0 aromatic heterocycles. The number of ether oxygens (including phenoxy) is 1. The van der Waals surface area contributed by atoms with E-state index in [1.165, 1.54) is 0 Å². The van der Waals surface area contributed by atoms with Gasteiger partial charge in [0, 0.05) is 5.57 Å². The molecular weight excluding hydrogens is 355 g/mol. The average Bonchev–Trinajstić information content (AvgIpc) is 2.46. The van der Waals surface area contributed by atoms with Crippen LogP contribution in [0.15, 0.2) is 45.2 Å². The van der Waals surface area contributed by atoms with Gasteiger partial charge in [-0.1, -0.05) is 30.3 Å². The molecule has 3 rings (SSSR count). The maximum absolute atomic E-state index is 12.5. The zero-order valence-corrected chi connectivity index (χ0v) is 12.3. The maximum Gasteiger partial charge on any atom is 0.229 e. The van der Waals surface area contributed by atoms with Gasteiger partial charge in [-0.2, -0.15) is 0 Å². The standard InChI is InChI=1S/C15H11IO3/c16-12-11(9-5-2-1-3-6-9)14(18)15-10(13(12)17)7-4-8-19-15/h1-3,5-6H,4,7-8H2. The number of hydrogen-bond acceptors (Lipinski definition) is 3. The van der Waals surface area contributed by atoms with E-state index in [4.69, 9.17) is 4.74 Å². The molecule has 1 heterocycles. The Morgan fingerprint density at radius 3 is 2.53 bits per heavy atom. The predicted molar refractivity (Wildman–Crippen MR) is 79.6 cm³/mol. The van der Waals surface area contributed by atoms with Crippen molar-refractivity contribution in [2.45, 2.75) is 12.8 Å². The highest BCUT2D eigenvalue weighted by atomic mass is 127. The number of allylic oxidation sites excluding steroid dienone is 3. The second-order valence-electron chi connectivity index (χ2n) is 4.47. The Kier molecular flexibility index (Phi) is 3.26. The van der Waals surface area contributed by atoms with E-state index >= 15 is 0 Å². The Morgan fingerprint density at radius 1 is 1.05 bits per heavy atom. The lowest BCUT2D eigenvalue weighted by molar-refractivity contribution is -0.117. The number of ketones is 2. The maximum atomic E-state index is 12.5. The summed E-state index contributed by atoms with van der Waals surface area (Å²) in [5, 5.41) is 0. The van der Waals surface area contributed by atoms with Crippen LogP contribution in [0.4, 0.5) is 0 Å². The summed E-state index contributed by atoms with van der Waals surface area (Å²) in [6.45, 7) is 0.510. The minimum Gasteiger partial charge on any atom is -0.489 e. The van der Waals surface area contributed by atoms with Crippen molar-refractivity contribution in [1.29, 1.82) is 0 Å². The lowest BCUT2D eigenvalue weighted by Gasteiger charge is -2.25. The summed E-state index contributed by atoms with van der Waals surface area (Å²) in [4.78, 5) is 24.9. The molecule has 0 atom stereocenters. The van der Waals surface area contributed by atoms with Crippen molar-refractivity contribution < 1.29 is 14.3 Å². The molecule has 2 aliphatic rings. The fraction of sp³-hybridized carbons (Fsp3) is 0.200. The van der Waals surface area contributed by atoms with Crippen LogP contribution in [0.5, 0.6) is 0 Å². The van der Waals surface area contributed by atoms with Crippen LogP contribution >= 0.6 is 22.6 Å². The third-order valence-corrected chi connectivity index (χ3v) is 4.31. The zero-order chi connectivity index (χ0) is 13.4. The van der Waals surface area contributed by atoms with Gasteiger partial charge in [-0.3, -0.25) is 9.59 Å². The first kappa shape index (κ1) is 12.6. The minimum atomic E-state index is -0.162. The number of rotatable bonds is 1. The van der Waals surface area contributed by atoms with E-state index in [2.05, 4.69) is 0 Å². The van der Waals surface area contributed by atoms with E-state index in [-0.39, 0.29) is 17.3 Å². The van der Waals surface area contributed by atoms with Crippen LogP contribution in [-0.2, 0) is 14.3 Å². The highest BCUT2D eigenvalue weighted by molar-refractivity contribution is 14.1. The Hall–Kier alpha value is -1.43. The molecule has 1 aliphatic heterocycles. The van der Waals surface area contributed by atoms with E-state index in [0.717, 1.165) is 12.0 Å². The lowest BCUT2D eigenvalue weighted by Crippen LogP contribution is -2.26. The first-order valence-corrected chi connectivity index (χ1v) is 7.18. The molecule has 1 aromatic rings. The van der Waals surface area contributed by atoms with Crippen LogP contribution < -0.4 is 0 Å². The molecule has 19 heavy (non-hydrogen) atoms. The fourth-order valence-corrected chi connectivity index (χ4v) is 3.25. The van der Waals surface area contributed by atoms with Crippen LogP contribution in [0.2, 0.25) is 0 Å². The summed E-state index contributed by atoms with van der Waals surface area (Å²) < 4.78 is 5.93. The Morgan fingerprint density at radius 2 is 1.79 bits per heavy atom. The molecule has 0 amide bonds. The summed E-state index contributed by atoms with van der Waals surface area (Å²) in [5.74, 6) is 0.0363. The quantitative estimate of drug-likeness (QED) is 0.567. The molecule has 96 valence electrons. The van der Waals surface area contributed by atoms with Crippen LogP contribution in [0.1, 0.15) is 18.4 Å². The van der Waals surface area contributed by atoms with E-state index in [1.54, 1.807) is 0 Å². The molecule has 0 saturated heterocycles. The highest BCUT2D eigenvalue weighted by Crippen LogP contribution is 2.37. The third-order valence-electron chi connectivity index (χ3n) is 3.28. The Bertz CT molecular complexity index is 626. The van der Waals surface area contributed by atoms with Gasteiger partial charge in [0.05, 0.1) is 15.8 Å². The molecule has 0 radical (unpaired) electrons. The summed E-state index contributed by atoms with van der Waals surface area (Å²) in [6.07, 6.45) is 1.43. The Labute approximate surface area is 124 Å². The highest BCUT2D eigenvalue weighted by Gasteiger charge is 2.36. The molecule has 0 unspecified atom stereocenters. The number of halogens is 1. The fourth-order valence-electron chi connectivity index (χ4n) is 2.36. The second-order valence-corrected chi connectivity index (χ2v) is 5.55. The van der Waals surface area contributed by atoms with Crippen LogP contribution in [-0.4, -0.2) is 18.2 Å². The van der Waals surface area contributed by atoms with Crippen molar-refractivity contribution in [1.82, 2.24) is 0 Å². The molecule has 1 aromatic carbocycles. The first-order valence-electron chi connectivity index (χ1n) is 6.10. The summed E-state index contributed by atoms with van der Waals surface area (Å²) >= 11 is 1.97. The van der Waals surface area contributed by atoms with Crippen molar-refractivity contribution in [2.75, 3.05) is 6.61 Å². The van der Waals surface area contributed by atoms with Gasteiger partial charge in [-0.25, -0.2) is 0 Å². The van der Waals surface area contributed by atoms with Crippen molar-refractivity contribution in [3.8, 4) is 0 Å². The molecule has 3 nitrogen and oxygen atoms in total. The van der Waals surface area contributed by atoms with Gasteiger partial charge in [0.25, 0.3) is 0 Å². The van der Waals surface area contributed by atoms with E-state index in [0.29, 0.717) is 27.8 Å². The van der Waals surface area contributed by atoms with Gasteiger partial charge in [0.2, 0.25) is 5.78 Å². The number of hydrogen-bond donors (Lipinski definition) is 0. The van der Waals surface area contributed by atoms with Crippen LogP contribution in [0, 0.1) is 0 Å². The van der Waals surface area contributed by atoms with Crippen molar-refractivity contribution >= 4 is 39.7 Å². The second kappa shape index (κ2) is 4.92. The van der Waals surface area contributed by atoms with Crippen molar-refractivity contribution in [2.24, 2.45) is 0 Å². The van der Waals surface area contributed by atoms with Gasteiger partial charge in [0.15, 0.2) is 11.5 Å². The summed E-state index contributed by atoms with van der Waals surface area (Å²) in [6, 6.07) is 9.28. The van der Waals surface area contributed by atoms with Gasteiger partial charge in [0.1, 0.15) is 0 Å². The molecule has 0 saturated carbocycles. The first-order chi connectivity index (χ1) is 9.20. The number of carbonyl (C=O) groups excluding carboxylic acids is 2. The van der Waals surface area contributed by atoms with Crippen molar-refractivity contribution in [3.05, 3.63) is 50.8 Å². The summed E-state index contributed by atoms with van der Waals surface area (Å²) in [5.41, 5.74) is 1.78. The van der Waals surface area contributed by atoms with Gasteiger partial charge >= 0.3 is 0 Å². The van der Waals surface area contributed by atoms with E-state index in [9.17, 15) is 9.59 Å². The molecule has 1 aliphatic carbocycles. The molecule has 0 bridgehead atoms. The SMILES string of the molecule is O=C1C(I)=C(c2ccccc2)C(=O)C2=C1CCCO2. The smallest absolute Gasteiger partial charge is 0.229 e. The van der Waals surface area contributed by atoms with Gasteiger partial charge in [-0.05, 0) is 41.0 Å². The molecule has 0 fully saturated rings. The monoisotopic (exact) mass is 366 g/mol. The largest absolute Gasteiger partial charge is 0.489 e. The molecular formula is C15H11IO3. The van der Waals surface area contributed by atoms with E-state index in [1.807, 2.05) is 52.9 Å². The number of carbonyl (C=O) groups is 2.